The van der Waals surface area contributed by atoms with Crippen molar-refractivity contribution in [1.82, 2.24) is 5.48 Å². The summed E-state index contributed by atoms with van der Waals surface area (Å²) in [7, 11) is 0. The van der Waals surface area contributed by atoms with E-state index in [1.165, 1.54) is 24.3 Å². The van der Waals surface area contributed by atoms with Gasteiger partial charge in [-0.15, -0.1) is 0 Å². The Morgan fingerprint density at radius 3 is 2.46 bits per heavy atom. The van der Waals surface area contributed by atoms with Crippen LogP contribution in [-0.4, -0.2) is 11.3 Å². The number of rotatable bonds is 4. The van der Waals surface area contributed by atoms with Crippen molar-refractivity contribution < 1.29 is 14.6 Å². The van der Waals surface area contributed by atoms with Gasteiger partial charge in [0.25, 0.3) is 5.69 Å². The number of carbonyl (C=O) groups is 1. The Labute approximate surface area is 73.2 Å². The van der Waals surface area contributed by atoms with Crippen molar-refractivity contribution in [2.45, 2.75) is 0 Å². The van der Waals surface area contributed by atoms with Gasteiger partial charge >= 0.3 is 0 Å². The van der Waals surface area contributed by atoms with E-state index in [1.807, 2.05) is 5.48 Å². The summed E-state index contributed by atoms with van der Waals surface area (Å²) in [4.78, 5) is 24.2. The fourth-order valence-electron chi connectivity index (χ4n) is 0.728. The lowest BCUT2D eigenvalue weighted by atomic mass is 10.3. The van der Waals surface area contributed by atoms with Gasteiger partial charge in [-0.05, 0) is 12.1 Å². The lowest BCUT2D eigenvalue weighted by Gasteiger charge is -2.00. The molecule has 13 heavy (non-hydrogen) atoms. The summed E-state index contributed by atoms with van der Waals surface area (Å²) in [5, 5.41) is 10.2. The number of nitro benzene ring substituents is 1. The van der Waals surface area contributed by atoms with Gasteiger partial charge < -0.3 is 4.84 Å². The first-order valence-corrected chi connectivity index (χ1v) is 3.34. The van der Waals surface area contributed by atoms with Gasteiger partial charge in [0.1, 0.15) is 0 Å². The fraction of sp³-hybridized carbons (Fsp3) is 0. The van der Waals surface area contributed by atoms with Crippen molar-refractivity contribution in [3.05, 3.63) is 34.4 Å². The zero-order valence-corrected chi connectivity index (χ0v) is 6.47. The van der Waals surface area contributed by atoms with Gasteiger partial charge in [0.05, 0.1) is 4.92 Å². The van der Waals surface area contributed by atoms with Crippen LogP contribution in [0.5, 0.6) is 5.75 Å². The second-order valence-corrected chi connectivity index (χ2v) is 2.09. The van der Waals surface area contributed by atoms with Crippen molar-refractivity contribution in [3.8, 4) is 5.75 Å². The summed E-state index contributed by atoms with van der Waals surface area (Å²) in [6.07, 6.45) is 0.363. The summed E-state index contributed by atoms with van der Waals surface area (Å²) in [6, 6.07) is 5.33. The maximum atomic E-state index is 10.2. The highest BCUT2D eigenvalue weighted by Gasteiger charge is 2.03. The highest BCUT2D eigenvalue weighted by Crippen LogP contribution is 2.16. The van der Waals surface area contributed by atoms with Gasteiger partial charge in [-0.2, -0.15) is 5.48 Å². The molecule has 0 spiro atoms. The minimum absolute atomic E-state index is 0.0292. The Morgan fingerprint density at radius 2 is 2.00 bits per heavy atom. The highest BCUT2D eigenvalue weighted by atomic mass is 16.7. The number of nitro groups is 1. The van der Waals surface area contributed by atoms with E-state index in [2.05, 4.69) is 4.84 Å². The molecule has 6 heteroatoms. The van der Waals surface area contributed by atoms with Crippen molar-refractivity contribution in [2.75, 3.05) is 0 Å². The average Bonchev–Trinajstić information content (AvgIpc) is 2.15. The molecule has 1 N–H and O–H groups in total. The summed E-state index contributed by atoms with van der Waals surface area (Å²) in [6.45, 7) is 0. The molecule has 0 fully saturated rings. The number of amides is 1. The van der Waals surface area contributed by atoms with E-state index in [0.29, 0.717) is 12.2 Å². The monoisotopic (exact) mass is 182 g/mol. The molecule has 0 heterocycles. The van der Waals surface area contributed by atoms with Crippen LogP contribution in [0.25, 0.3) is 0 Å². The van der Waals surface area contributed by atoms with E-state index in [4.69, 9.17) is 0 Å². The zero-order chi connectivity index (χ0) is 9.68. The first-order chi connectivity index (χ1) is 6.24. The molecule has 0 atom stereocenters. The number of carbonyl (C=O) groups excluding carboxylic acids is 1. The Hall–Kier alpha value is -2.11. The molecule has 1 aromatic carbocycles. The van der Waals surface area contributed by atoms with Crippen LogP contribution >= 0.6 is 0 Å². The lowest BCUT2D eigenvalue weighted by molar-refractivity contribution is -0.384. The summed E-state index contributed by atoms with van der Waals surface area (Å²) in [5.41, 5.74) is 1.93. The minimum atomic E-state index is -0.517. The molecule has 0 radical (unpaired) electrons. The summed E-state index contributed by atoms with van der Waals surface area (Å²) < 4.78 is 0. The van der Waals surface area contributed by atoms with Crippen molar-refractivity contribution in [3.63, 3.8) is 0 Å². The van der Waals surface area contributed by atoms with Crippen LogP contribution in [0, 0.1) is 10.1 Å². The maximum absolute atomic E-state index is 10.2. The lowest BCUT2D eigenvalue weighted by Crippen LogP contribution is -2.15. The number of benzene rings is 1. The van der Waals surface area contributed by atoms with E-state index < -0.39 is 4.92 Å². The molecule has 6 nitrogen and oxygen atoms in total. The average molecular weight is 182 g/mol. The third kappa shape index (κ3) is 2.44. The number of non-ortho nitro benzene ring substituents is 1. The van der Waals surface area contributed by atoms with Crippen molar-refractivity contribution >= 4 is 12.1 Å². The molecule has 1 aromatic rings. The maximum Gasteiger partial charge on any atom is 0.269 e. The van der Waals surface area contributed by atoms with Crippen molar-refractivity contribution in [1.29, 1.82) is 0 Å². The number of nitrogens with one attached hydrogen (secondary N) is 1. The zero-order valence-electron chi connectivity index (χ0n) is 6.47. The molecule has 0 aliphatic heterocycles. The Kier molecular flexibility index (Phi) is 2.80. The van der Waals surface area contributed by atoms with E-state index in [9.17, 15) is 14.9 Å². The predicted molar refractivity (Wildman–Crippen MR) is 42.9 cm³/mol. The normalized spacial score (nSPS) is 8.92. The topological polar surface area (TPSA) is 81.5 Å². The van der Waals surface area contributed by atoms with Crippen LogP contribution < -0.4 is 10.3 Å². The number of hydrogen-bond acceptors (Lipinski definition) is 4. The molecule has 0 unspecified atom stereocenters. The molecular weight excluding hydrogens is 176 g/mol. The van der Waals surface area contributed by atoms with Gasteiger partial charge in [-0.1, -0.05) is 0 Å². The number of nitrogens with zero attached hydrogens (tertiary/aromatic N) is 1. The van der Waals surface area contributed by atoms with Crippen LogP contribution in [0.15, 0.2) is 24.3 Å². The first-order valence-electron chi connectivity index (χ1n) is 3.34. The van der Waals surface area contributed by atoms with Gasteiger partial charge in [0.15, 0.2) is 5.75 Å². The quantitative estimate of drug-likeness (QED) is 0.420. The molecule has 1 amide bonds. The van der Waals surface area contributed by atoms with Crippen LogP contribution in [0.4, 0.5) is 5.69 Å². The first kappa shape index (κ1) is 8.98. The Balaban J connectivity index is 2.69. The van der Waals surface area contributed by atoms with Gasteiger partial charge in [0, 0.05) is 12.1 Å². The van der Waals surface area contributed by atoms with Crippen molar-refractivity contribution in [2.24, 2.45) is 0 Å². The molecule has 0 saturated heterocycles. The number of hydroxylamine groups is 1. The SMILES string of the molecule is O=CNOc1ccc([N+](=O)[O-])cc1. The fourth-order valence-corrected chi connectivity index (χ4v) is 0.728. The largest absolute Gasteiger partial charge is 0.380 e. The second kappa shape index (κ2) is 4.05. The molecule has 0 bridgehead atoms. The van der Waals surface area contributed by atoms with Crippen LogP contribution in [0.1, 0.15) is 0 Å². The van der Waals surface area contributed by atoms with Crippen LogP contribution in [0.3, 0.4) is 0 Å². The standard InChI is InChI=1S/C7H6N2O4/c10-5-8-13-7-3-1-6(2-4-7)9(11)12/h1-5H,(H,8,10). The van der Waals surface area contributed by atoms with E-state index in [-0.39, 0.29) is 5.69 Å². The molecular formula is C7H6N2O4. The molecule has 0 aliphatic carbocycles. The Morgan fingerprint density at radius 1 is 1.38 bits per heavy atom. The predicted octanol–water partition coefficient (Wildman–Crippen LogP) is 0.635. The van der Waals surface area contributed by atoms with E-state index in [1.54, 1.807) is 0 Å². The number of hydrogen-bond donors (Lipinski definition) is 1. The Bertz CT molecular complexity index is 309. The smallest absolute Gasteiger partial charge is 0.269 e. The molecule has 0 saturated carbocycles. The van der Waals surface area contributed by atoms with Crippen LogP contribution in [0.2, 0.25) is 0 Å². The summed E-state index contributed by atoms with van der Waals surface area (Å²) >= 11 is 0. The third-order valence-corrected chi connectivity index (χ3v) is 1.27. The molecule has 68 valence electrons. The molecule has 1 rings (SSSR count). The third-order valence-electron chi connectivity index (χ3n) is 1.27. The van der Waals surface area contributed by atoms with Gasteiger partial charge in [-0.25, -0.2) is 0 Å². The van der Waals surface area contributed by atoms with Gasteiger partial charge in [0.2, 0.25) is 6.41 Å². The highest BCUT2D eigenvalue weighted by molar-refractivity contribution is 5.45. The second-order valence-electron chi connectivity index (χ2n) is 2.09. The molecule has 0 aliphatic rings. The van der Waals surface area contributed by atoms with E-state index >= 15 is 0 Å². The van der Waals surface area contributed by atoms with Crippen LogP contribution in [-0.2, 0) is 4.79 Å². The molecule has 0 aromatic heterocycles. The minimum Gasteiger partial charge on any atom is -0.380 e. The van der Waals surface area contributed by atoms with Gasteiger partial charge in [-0.3, -0.25) is 14.9 Å². The summed E-state index contributed by atoms with van der Waals surface area (Å²) in [5.74, 6) is 0.331. The van der Waals surface area contributed by atoms with E-state index in [0.717, 1.165) is 0 Å².